The number of fused-ring (bicyclic) bond motifs is 2. The SMILES string of the molecule is CC(=O)Nc1ccc(C(=O)COC(=O)c2c3ccccc3cc3ccccc23)c(F)c1. The number of esters is 1. The predicted molar refractivity (Wildman–Crippen MR) is 117 cm³/mol. The third-order valence-electron chi connectivity index (χ3n) is 4.90. The molecule has 0 saturated heterocycles. The Kier molecular flexibility index (Phi) is 5.45. The van der Waals surface area contributed by atoms with E-state index in [-0.39, 0.29) is 17.2 Å². The van der Waals surface area contributed by atoms with Gasteiger partial charge in [0.15, 0.2) is 6.61 Å². The summed E-state index contributed by atoms with van der Waals surface area (Å²) >= 11 is 0. The number of carbonyl (C=O) groups excluding carboxylic acids is 3. The molecule has 4 aromatic rings. The number of nitrogens with one attached hydrogen (secondary N) is 1. The molecule has 0 aliphatic rings. The lowest BCUT2D eigenvalue weighted by molar-refractivity contribution is -0.114. The van der Waals surface area contributed by atoms with Crippen LogP contribution >= 0.6 is 0 Å². The van der Waals surface area contributed by atoms with Crippen molar-refractivity contribution >= 4 is 44.9 Å². The molecular weight excluding hydrogens is 397 g/mol. The maximum atomic E-state index is 14.3. The van der Waals surface area contributed by atoms with Crippen molar-refractivity contribution in [2.45, 2.75) is 6.92 Å². The van der Waals surface area contributed by atoms with Crippen LogP contribution in [0.15, 0.2) is 72.8 Å². The fourth-order valence-corrected chi connectivity index (χ4v) is 3.54. The van der Waals surface area contributed by atoms with Gasteiger partial charge in [0.25, 0.3) is 0 Å². The van der Waals surface area contributed by atoms with Crippen LogP contribution in [-0.4, -0.2) is 24.3 Å². The van der Waals surface area contributed by atoms with Gasteiger partial charge in [0.2, 0.25) is 11.7 Å². The van der Waals surface area contributed by atoms with E-state index in [2.05, 4.69) is 5.32 Å². The molecule has 4 rings (SSSR count). The van der Waals surface area contributed by atoms with Crippen LogP contribution in [0.3, 0.4) is 0 Å². The van der Waals surface area contributed by atoms with Crippen molar-refractivity contribution in [1.29, 1.82) is 0 Å². The topological polar surface area (TPSA) is 72.5 Å². The standard InChI is InChI=1S/C25H18FNO4/c1-15(28)27-18-10-11-21(22(26)13-18)23(29)14-31-25(30)24-19-8-4-2-6-16(19)12-17-7-3-5-9-20(17)24/h2-13H,14H2,1H3,(H,27,28). The summed E-state index contributed by atoms with van der Waals surface area (Å²) in [7, 11) is 0. The Morgan fingerprint density at radius 3 is 2.06 bits per heavy atom. The van der Waals surface area contributed by atoms with Gasteiger partial charge >= 0.3 is 5.97 Å². The maximum Gasteiger partial charge on any atom is 0.339 e. The number of hydrogen-bond acceptors (Lipinski definition) is 4. The summed E-state index contributed by atoms with van der Waals surface area (Å²) in [5.74, 6) is -2.49. The minimum absolute atomic E-state index is 0.218. The third-order valence-corrected chi connectivity index (χ3v) is 4.90. The first kappa shape index (κ1) is 20.2. The van der Waals surface area contributed by atoms with Gasteiger partial charge in [-0.25, -0.2) is 9.18 Å². The number of ketones is 1. The van der Waals surface area contributed by atoms with Gasteiger partial charge < -0.3 is 10.1 Å². The number of carbonyl (C=O) groups is 3. The first-order valence-electron chi connectivity index (χ1n) is 9.62. The molecule has 1 amide bonds. The Morgan fingerprint density at radius 2 is 1.48 bits per heavy atom. The van der Waals surface area contributed by atoms with E-state index in [0.717, 1.165) is 16.8 Å². The average Bonchev–Trinajstić information content (AvgIpc) is 2.75. The molecule has 0 saturated carbocycles. The molecule has 1 N–H and O–H groups in total. The number of Topliss-reactive ketones (excluding diaryl/α,β-unsaturated/α-hetero) is 1. The number of halogens is 1. The van der Waals surface area contributed by atoms with Crippen molar-refractivity contribution in [3.8, 4) is 0 Å². The van der Waals surface area contributed by atoms with Crippen LogP contribution in [-0.2, 0) is 9.53 Å². The van der Waals surface area contributed by atoms with Crippen LogP contribution in [0.4, 0.5) is 10.1 Å². The van der Waals surface area contributed by atoms with Crippen LogP contribution in [0.1, 0.15) is 27.6 Å². The lowest BCUT2D eigenvalue weighted by Crippen LogP contribution is -2.16. The second-order valence-electron chi connectivity index (χ2n) is 7.07. The highest BCUT2D eigenvalue weighted by Gasteiger charge is 2.19. The molecule has 0 fully saturated rings. The van der Waals surface area contributed by atoms with Crippen LogP contribution in [0, 0.1) is 5.82 Å². The highest BCUT2D eigenvalue weighted by atomic mass is 19.1. The number of benzene rings is 4. The monoisotopic (exact) mass is 415 g/mol. The van der Waals surface area contributed by atoms with Gasteiger partial charge in [-0.3, -0.25) is 9.59 Å². The van der Waals surface area contributed by atoms with E-state index in [1.807, 2.05) is 54.6 Å². The highest BCUT2D eigenvalue weighted by Crippen LogP contribution is 2.29. The minimum Gasteiger partial charge on any atom is -0.454 e. The first-order chi connectivity index (χ1) is 14.9. The molecule has 31 heavy (non-hydrogen) atoms. The van der Waals surface area contributed by atoms with E-state index in [9.17, 15) is 18.8 Å². The molecule has 6 heteroatoms. The van der Waals surface area contributed by atoms with Crippen LogP contribution in [0.5, 0.6) is 0 Å². The second kappa shape index (κ2) is 8.36. The van der Waals surface area contributed by atoms with E-state index in [1.54, 1.807) is 0 Å². The molecule has 154 valence electrons. The van der Waals surface area contributed by atoms with E-state index in [4.69, 9.17) is 4.74 Å². The minimum atomic E-state index is -0.803. The molecule has 0 unspecified atom stereocenters. The summed E-state index contributed by atoms with van der Waals surface area (Å²) in [6.45, 7) is 0.695. The molecule has 0 radical (unpaired) electrons. The number of anilines is 1. The zero-order valence-electron chi connectivity index (χ0n) is 16.6. The third kappa shape index (κ3) is 4.14. The van der Waals surface area contributed by atoms with Gasteiger partial charge in [0.05, 0.1) is 11.1 Å². The molecule has 0 aliphatic heterocycles. The maximum absolute atomic E-state index is 14.3. The first-order valence-corrected chi connectivity index (χ1v) is 9.62. The lowest BCUT2D eigenvalue weighted by atomic mass is 9.97. The molecule has 0 aromatic heterocycles. The van der Waals surface area contributed by atoms with E-state index in [0.29, 0.717) is 16.3 Å². The van der Waals surface area contributed by atoms with Crippen molar-refractivity contribution in [3.63, 3.8) is 0 Å². The Hall–Kier alpha value is -4.06. The largest absolute Gasteiger partial charge is 0.454 e. The Bertz CT molecular complexity index is 1290. The summed E-state index contributed by atoms with van der Waals surface area (Å²) in [5, 5.41) is 5.62. The van der Waals surface area contributed by atoms with Gasteiger partial charge in [0, 0.05) is 12.6 Å². The second-order valence-corrected chi connectivity index (χ2v) is 7.07. The van der Waals surface area contributed by atoms with Gasteiger partial charge in [-0.15, -0.1) is 0 Å². The van der Waals surface area contributed by atoms with Gasteiger partial charge in [0.1, 0.15) is 5.82 Å². The van der Waals surface area contributed by atoms with Gasteiger partial charge in [-0.05, 0) is 45.8 Å². The van der Waals surface area contributed by atoms with Crippen molar-refractivity contribution in [2.75, 3.05) is 11.9 Å². The Labute approximate surface area is 177 Å². The van der Waals surface area contributed by atoms with E-state index >= 15 is 0 Å². The molecule has 4 aromatic carbocycles. The smallest absolute Gasteiger partial charge is 0.339 e. The number of ether oxygens (including phenoxy) is 1. The fourth-order valence-electron chi connectivity index (χ4n) is 3.54. The zero-order valence-corrected chi connectivity index (χ0v) is 16.6. The van der Waals surface area contributed by atoms with Crippen molar-refractivity contribution in [1.82, 2.24) is 0 Å². The normalized spacial score (nSPS) is 10.8. The van der Waals surface area contributed by atoms with Crippen molar-refractivity contribution in [3.05, 3.63) is 89.7 Å². The summed E-state index contributed by atoms with van der Waals surface area (Å²) in [4.78, 5) is 36.5. The molecule has 0 spiro atoms. The Balaban J connectivity index is 1.60. The van der Waals surface area contributed by atoms with Crippen molar-refractivity contribution < 1.29 is 23.5 Å². The average molecular weight is 415 g/mol. The van der Waals surface area contributed by atoms with Crippen LogP contribution in [0.2, 0.25) is 0 Å². The van der Waals surface area contributed by atoms with Crippen LogP contribution in [0.25, 0.3) is 21.5 Å². The molecular formula is C25H18FNO4. The molecule has 0 aliphatic carbocycles. The fraction of sp³-hybridized carbons (Fsp3) is 0.0800. The summed E-state index contributed by atoms with van der Waals surface area (Å²) < 4.78 is 19.6. The van der Waals surface area contributed by atoms with Crippen LogP contribution < -0.4 is 5.32 Å². The zero-order chi connectivity index (χ0) is 22.0. The van der Waals surface area contributed by atoms with Gasteiger partial charge in [-0.1, -0.05) is 48.5 Å². The number of hydrogen-bond donors (Lipinski definition) is 1. The summed E-state index contributed by atoms with van der Waals surface area (Å²) in [6.07, 6.45) is 0. The lowest BCUT2D eigenvalue weighted by Gasteiger charge is -2.11. The van der Waals surface area contributed by atoms with E-state index in [1.165, 1.54) is 19.1 Å². The van der Waals surface area contributed by atoms with E-state index < -0.39 is 24.2 Å². The Morgan fingerprint density at radius 1 is 0.871 bits per heavy atom. The summed E-state index contributed by atoms with van der Waals surface area (Å²) in [6, 6.07) is 20.5. The molecule has 0 bridgehead atoms. The highest BCUT2D eigenvalue weighted by molar-refractivity contribution is 6.17. The number of rotatable bonds is 5. The quantitative estimate of drug-likeness (QED) is 0.279. The molecule has 5 nitrogen and oxygen atoms in total. The molecule has 0 atom stereocenters. The predicted octanol–water partition coefficient (Wildman–Crippen LogP) is 5.13. The number of amides is 1. The van der Waals surface area contributed by atoms with Gasteiger partial charge in [-0.2, -0.15) is 0 Å². The molecule has 0 heterocycles. The summed E-state index contributed by atoms with van der Waals surface area (Å²) in [5.41, 5.74) is 0.383. The van der Waals surface area contributed by atoms with Crippen molar-refractivity contribution in [2.24, 2.45) is 0 Å².